The van der Waals surface area contributed by atoms with Crippen LogP contribution < -0.4 is 5.32 Å². The molecule has 1 aromatic rings. The molecule has 0 saturated carbocycles. The molecule has 1 aliphatic rings. The monoisotopic (exact) mass is 250 g/mol. The number of nitrogens with zero attached hydrogens (tertiary/aromatic N) is 3. The number of nitrogens with one attached hydrogen (secondary N) is 1. The van der Waals surface area contributed by atoms with Crippen LogP contribution in [0.15, 0.2) is 12.4 Å². The van der Waals surface area contributed by atoms with Gasteiger partial charge in [0, 0.05) is 45.1 Å². The molecular weight excluding hydrogens is 228 g/mol. The molecule has 1 aromatic heterocycles. The van der Waals surface area contributed by atoms with E-state index in [1.54, 1.807) is 6.20 Å². The minimum Gasteiger partial charge on any atom is -0.329 e. The lowest BCUT2D eigenvalue weighted by molar-refractivity contribution is 0.0587. The van der Waals surface area contributed by atoms with Crippen LogP contribution in [0.3, 0.4) is 0 Å². The first-order valence-corrected chi connectivity index (χ1v) is 6.59. The highest BCUT2D eigenvalue weighted by atomic mass is 16.1. The van der Waals surface area contributed by atoms with Gasteiger partial charge in [-0.05, 0) is 20.8 Å². The lowest BCUT2D eigenvalue weighted by Gasteiger charge is -2.39. The van der Waals surface area contributed by atoms with Crippen molar-refractivity contribution in [1.29, 1.82) is 0 Å². The Hall–Kier alpha value is -1.20. The predicted octanol–water partition coefficient (Wildman–Crippen LogP) is 0.770. The maximum atomic E-state index is 12.7. The molecule has 2 rings (SSSR count). The van der Waals surface area contributed by atoms with Gasteiger partial charge in [0.1, 0.15) is 0 Å². The van der Waals surface area contributed by atoms with Crippen molar-refractivity contribution in [3.8, 4) is 0 Å². The summed E-state index contributed by atoms with van der Waals surface area (Å²) in [6, 6.07) is 0. The first kappa shape index (κ1) is 13.2. The van der Waals surface area contributed by atoms with Gasteiger partial charge in [0.2, 0.25) is 5.78 Å². The molecule has 1 N–H and O–H groups in total. The second-order valence-electron chi connectivity index (χ2n) is 5.16. The van der Waals surface area contributed by atoms with Crippen molar-refractivity contribution in [3.05, 3.63) is 18.2 Å². The van der Waals surface area contributed by atoms with E-state index in [1.807, 2.05) is 31.5 Å². The van der Waals surface area contributed by atoms with E-state index in [1.165, 1.54) is 0 Å². The van der Waals surface area contributed by atoms with Crippen molar-refractivity contribution in [2.45, 2.75) is 32.9 Å². The van der Waals surface area contributed by atoms with Crippen LogP contribution in [0.5, 0.6) is 0 Å². The first-order chi connectivity index (χ1) is 8.57. The number of Topliss-reactive ketones (excluding diaryl/α,β-unsaturated/α-hetero) is 1. The van der Waals surface area contributed by atoms with Gasteiger partial charge in [-0.1, -0.05) is 0 Å². The number of carbonyl (C=O) groups is 1. The van der Waals surface area contributed by atoms with Crippen molar-refractivity contribution < 1.29 is 4.79 Å². The van der Waals surface area contributed by atoms with Gasteiger partial charge in [-0.3, -0.25) is 9.69 Å². The fourth-order valence-electron chi connectivity index (χ4n) is 2.41. The Morgan fingerprint density at radius 1 is 1.44 bits per heavy atom. The molecule has 0 aromatic carbocycles. The van der Waals surface area contributed by atoms with E-state index in [0.717, 1.165) is 32.7 Å². The fourth-order valence-corrected chi connectivity index (χ4v) is 2.41. The summed E-state index contributed by atoms with van der Waals surface area (Å²) >= 11 is 0. The quantitative estimate of drug-likeness (QED) is 0.802. The molecule has 0 aliphatic carbocycles. The molecule has 0 radical (unpaired) electrons. The lowest BCUT2D eigenvalue weighted by atomic mass is 9.95. The second-order valence-corrected chi connectivity index (χ2v) is 5.16. The topological polar surface area (TPSA) is 50.2 Å². The molecule has 0 unspecified atom stereocenters. The maximum Gasteiger partial charge on any atom is 0.217 e. The molecule has 0 amide bonds. The highest BCUT2D eigenvalue weighted by Crippen LogP contribution is 2.20. The number of ketones is 1. The number of imidazole rings is 1. The predicted molar refractivity (Wildman–Crippen MR) is 70.8 cm³/mol. The molecular formula is C13H22N4O. The van der Waals surface area contributed by atoms with E-state index in [0.29, 0.717) is 5.82 Å². The van der Waals surface area contributed by atoms with Crippen molar-refractivity contribution in [2.24, 2.45) is 0 Å². The number of hydrogen-bond donors (Lipinski definition) is 1. The van der Waals surface area contributed by atoms with Crippen LogP contribution in [0.1, 0.15) is 31.4 Å². The molecule has 5 nitrogen and oxygen atoms in total. The largest absolute Gasteiger partial charge is 0.329 e. The van der Waals surface area contributed by atoms with Gasteiger partial charge in [-0.15, -0.1) is 0 Å². The van der Waals surface area contributed by atoms with Gasteiger partial charge in [-0.2, -0.15) is 0 Å². The van der Waals surface area contributed by atoms with E-state index in [2.05, 4.69) is 15.2 Å². The number of piperazine rings is 1. The number of aromatic nitrogens is 2. The third-order valence-corrected chi connectivity index (χ3v) is 3.72. The van der Waals surface area contributed by atoms with E-state index < -0.39 is 5.54 Å². The molecule has 1 aliphatic heterocycles. The fraction of sp³-hybridized carbons (Fsp3) is 0.692. The molecule has 2 heterocycles. The van der Waals surface area contributed by atoms with E-state index >= 15 is 0 Å². The number of rotatable bonds is 4. The van der Waals surface area contributed by atoms with Crippen LogP contribution in [0, 0.1) is 0 Å². The van der Waals surface area contributed by atoms with Gasteiger partial charge in [0.25, 0.3) is 0 Å². The number of carbonyl (C=O) groups excluding carboxylic acids is 1. The van der Waals surface area contributed by atoms with Crippen molar-refractivity contribution in [3.63, 3.8) is 0 Å². The van der Waals surface area contributed by atoms with Crippen LogP contribution in [0.4, 0.5) is 0 Å². The molecule has 5 heteroatoms. The highest BCUT2D eigenvalue weighted by Gasteiger charge is 2.37. The molecule has 1 saturated heterocycles. The molecule has 100 valence electrons. The Morgan fingerprint density at radius 2 is 2.11 bits per heavy atom. The Morgan fingerprint density at radius 3 is 2.72 bits per heavy atom. The summed E-state index contributed by atoms with van der Waals surface area (Å²) in [5, 5.41) is 3.31. The Bertz CT molecular complexity index is 418. The normalized spacial score (nSPS) is 17.9. The summed E-state index contributed by atoms with van der Waals surface area (Å²) in [7, 11) is 0. The lowest BCUT2D eigenvalue weighted by Crippen LogP contribution is -2.57. The van der Waals surface area contributed by atoms with Gasteiger partial charge in [0.05, 0.1) is 5.54 Å². The van der Waals surface area contributed by atoms with E-state index in [9.17, 15) is 4.79 Å². The van der Waals surface area contributed by atoms with E-state index in [4.69, 9.17) is 0 Å². The van der Waals surface area contributed by atoms with Gasteiger partial charge < -0.3 is 9.88 Å². The minimum absolute atomic E-state index is 0.108. The zero-order valence-electron chi connectivity index (χ0n) is 11.4. The van der Waals surface area contributed by atoms with Crippen molar-refractivity contribution in [2.75, 3.05) is 26.2 Å². The van der Waals surface area contributed by atoms with Crippen LogP contribution in [-0.4, -0.2) is 52.0 Å². The second kappa shape index (κ2) is 5.20. The molecule has 0 spiro atoms. The summed E-state index contributed by atoms with van der Waals surface area (Å²) < 4.78 is 1.91. The molecule has 18 heavy (non-hydrogen) atoms. The third kappa shape index (κ3) is 2.33. The van der Waals surface area contributed by atoms with Gasteiger partial charge in [0.15, 0.2) is 5.82 Å². The zero-order valence-corrected chi connectivity index (χ0v) is 11.4. The summed E-state index contributed by atoms with van der Waals surface area (Å²) in [6.45, 7) is 10.5. The van der Waals surface area contributed by atoms with Gasteiger partial charge >= 0.3 is 0 Å². The Kier molecular flexibility index (Phi) is 3.82. The summed E-state index contributed by atoms with van der Waals surface area (Å²) in [6.07, 6.45) is 3.56. The van der Waals surface area contributed by atoms with E-state index in [-0.39, 0.29) is 5.78 Å². The van der Waals surface area contributed by atoms with Gasteiger partial charge in [-0.25, -0.2) is 4.98 Å². The van der Waals surface area contributed by atoms with Crippen molar-refractivity contribution >= 4 is 5.78 Å². The van der Waals surface area contributed by atoms with Crippen LogP contribution >= 0.6 is 0 Å². The highest BCUT2D eigenvalue weighted by molar-refractivity contribution is 6.00. The van der Waals surface area contributed by atoms with Crippen LogP contribution in [-0.2, 0) is 6.54 Å². The Balaban J connectivity index is 2.20. The minimum atomic E-state index is -0.486. The van der Waals surface area contributed by atoms with Crippen molar-refractivity contribution in [1.82, 2.24) is 19.8 Å². The standard InChI is InChI=1S/C13H22N4O/c1-4-16-8-7-15-12(16)11(18)13(2,3)17-9-5-14-6-10-17/h7-8,14H,4-6,9-10H2,1-3H3. The summed E-state index contributed by atoms with van der Waals surface area (Å²) in [5.74, 6) is 0.678. The summed E-state index contributed by atoms with van der Waals surface area (Å²) in [4.78, 5) is 19.1. The smallest absolute Gasteiger partial charge is 0.217 e. The molecule has 0 bridgehead atoms. The van der Waals surface area contributed by atoms with Crippen LogP contribution in [0.25, 0.3) is 0 Å². The average Bonchev–Trinajstić information content (AvgIpc) is 2.87. The Labute approximate surface area is 108 Å². The molecule has 1 fully saturated rings. The van der Waals surface area contributed by atoms with Crippen LogP contribution in [0.2, 0.25) is 0 Å². The number of aryl methyl sites for hydroxylation is 1. The first-order valence-electron chi connectivity index (χ1n) is 6.59. The average molecular weight is 250 g/mol. The maximum absolute atomic E-state index is 12.7. The molecule has 0 atom stereocenters. The summed E-state index contributed by atoms with van der Waals surface area (Å²) in [5.41, 5.74) is -0.486. The zero-order chi connectivity index (χ0) is 13.2. The number of hydrogen-bond acceptors (Lipinski definition) is 4. The third-order valence-electron chi connectivity index (χ3n) is 3.72. The SMILES string of the molecule is CCn1ccnc1C(=O)C(C)(C)N1CCNCC1.